The Bertz CT molecular complexity index is 1970. The summed E-state index contributed by atoms with van der Waals surface area (Å²) in [6.07, 6.45) is 3.70. The molecule has 4 heteroatoms. The first-order chi connectivity index (χ1) is 21.3. The molecule has 1 aliphatic heterocycles. The van der Waals surface area contributed by atoms with Gasteiger partial charge in [-0.15, -0.1) is 0 Å². The monoisotopic (exact) mass is 590 g/mol. The highest BCUT2D eigenvalue weighted by Gasteiger charge is 2.38. The van der Waals surface area contributed by atoms with Crippen LogP contribution in [0.15, 0.2) is 109 Å². The summed E-state index contributed by atoms with van der Waals surface area (Å²) in [7, 11) is 0. The van der Waals surface area contributed by atoms with Gasteiger partial charge >= 0.3 is 0 Å². The highest BCUT2D eigenvalue weighted by molar-refractivity contribution is 5.88. The van der Waals surface area contributed by atoms with E-state index >= 15 is 0 Å². The lowest BCUT2D eigenvalue weighted by Crippen LogP contribution is -2.32. The molecule has 6 aromatic rings. The van der Waals surface area contributed by atoms with Crippen molar-refractivity contribution in [3.8, 4) is 17.1 Å². The molecule has 0 spiro atoms. The summed E-state index contributed by atoms with van der Waals surface area (Å²) in [6.45, 7) is 18.5. The summed E-state index contributed by atoms with van der Waals surface area (Å²) >= 11 is 0. The third kappa shape index (κ3) is 4.84. The first kappa shape index (κ1) is 29.0. The minimum Gasteiger partial charge on any atom is -0.310 e. The number of nitrogens with zero attached hydrogens (tertiary/aromatic N) is 4. The molecule has 4 aromatic carbocycles. The molecule has 0 fully saturated rings. The lowest BCUT2D eigenvalue weighted by molar-refractivity contribution is 0.573. The van der Waals surface area contributed by atoms with E-state index in [1.807, 2.05) is 18.3 Å². The molecule has 0 radical (unpaired) electrons. The number of imidazole rings is 1. The molecular weight excluding hydrogens is 548 g/mol. The molecule has 0 atom stereocenters. The van der Waals surface area contributed by atoms with Crippen LogP contribution in [0.2, 0.25) is 0 Å². The normalized spacial score (nSPS) is 14.4. The highest BCUT2D eigenvalue weighted by Crippen LogP contribution is 2.53. The van der Waals surface area contributed by atoms with Gasteiger partial charge in [0, 0.05) is 28.6 Å². The molecule has 7 rings (SSSR count). The number of hydrogen-bond acceptors (Lipinski definition) is 3. The van der Waals surface area contributed by atoms with Gasteiger partial charge in [-0.2, -0.15) is 0 Å². The van der Waals surface area contributed by atoms with E-state index in [1.54, 1.807) is 6.20 Å². The first-order valence-corrected chi connectivity index (χ1v) is 15.9. The number of benzene rings is 4. The van der Waals surface area contributed by atoms with E-state index in [2.05, 4.69) is 155 Å². The number of para-hydroxylation sites is 1. The standard InChI is InChI=1S/C41H42N4/c1-39(2,3)28-16-20-35-32(24-28)41(7,8)33-25-29(40(4,5)6)17-21-36(33)44(35)31-18-14-27(15-19-31)38-43-34-22-23-42-26-37(34)45(38)30-12-10-9-11-13-30/h9-26H,1-8H3. The van der Waals surface area contributed by atoms with Gasteiger partial charge in [0.25, 0.3) is 0 Å². The van der Waals surface area contributed by atoms with Crippen molar-refractivity contribution in [3.63, 3.8) is 0 Å². The van der Waals surface area contributed by atoms with Crippen LogP contribution in [-0.2, 0) is 16.2 Å². The maximum Gasteiger partial charge on any atom is 0.145 e. The van der Waals surface area contributed by atoms with Gasteiger partial charge in [0.2, 0.25) is 0 Å². The maximum atomic E-state index is 5.07. The summed E-state index contributed by atoms with van der Waals surface area (Å²) in [4.78, 5) is 11.9. The average molecular weight is 591 g/mol. The van der Waals surface area contributed by atoms with E-state index < -0.39 is 0 Å². The summed E-state index contributed by atoms with van der Waals surface area (Å²) in [5, 5.41) is 0. The van der Waals surface area contributed by atoms with Crippen molar-refractivity contribution in [1.82, 2.24) is 14.5 Å². The fourth-order valence-corrected chi connectivity index (χ4v) is 6.66. The Kier molecular flexibility index (Phi) is 6.56. The van der Waals surface area contributed by atoms with Gasteiger partial charge in [-0.05, 0) is 87.7 Å². The third-order valence-electron chi connectivity index (χ3n) is 9.41. The van der Waals surface area contributed by atoms with E-state index in [0.29, 0.717) is 0 Å². The zero-order valence-corrected chi connectivity index (χ0v) is 27.7. The second-order valence-electron chi connectivity index (χ2n) is 14.9. The number of hydrogen-bond donors (Lipinski definition) is 0. The van der Waals surface area contributed by atoms with Crippen LogP contribution in [0.4, 0.5) is 17.1 Å². The predicted octanol–water partition coefficient (Wildman–Crippen LogP) is 10.8. The van der Waals surface area contributed by atoms with Crippen molar-refractivity contribution in [2.24, 2.45) is 0 Å². The maximum absolute atomic E-state index is 5.07. The average Bonchev–Trinajstić information content (AvgIpc) is 3.40. The summed E-state index contributed by atoms with van der Waals surface area (Å²) in [5.74, 6) is 0.904. The zero-order valence-electron chi connectivity index (χ0n) is 27.7. The summed E-state index contributed by atoms with van der Waals surface area (Å²) in [5.41, 5.74) is 13.0. The molecule has 1 aliphatic rings. The van der Waals surface area contributed by atoms with E-state index in [1.165, 1.54) is 33.6 Å². The smallest absolute Gasteiger partial charge is 0.145 e. The van der Waals surface area contributed by atoms with E-state index in [0.717, 1.165) is 33.8 Å². The van der Waals surface area contributed by atoms with E-state index in [-0.39, 0.29) is 16.2 Å². The Morgan fingerprint density at radius 1 is 0.622 bits per heavy atom. The molecule has 0 amide bonds. The van der Waals surface area contributed by atoms with Gasteiger partial charge in [-0.1, -0.05) is 97.9 Å². The van der Waals surface area contributed by atoms with Gasteiger partial charge < -0.3 is 4.90 Å². The largest absolute Gasteiger partial charge is 0.310 e. The topological polar surface area (TPSA) is 34.0 Å². The molecule has 0 unspecified atom stereocenters. The van der Waals surface area contributed by atoms with Crippen LogP contribution in [0.1, 0.15) is 77.6 Å². The highest BCUT2D eigenvalue weighted by atomic mass is 15.2. The number of anilines is 3. The van der Waals surface area contributed by atoms with Crippen LogP contribution in [0.25, 0.3) is 28.1 Å². The molecule has 0 saturated heterocycles. The van der Waals surface area contributed by atoms with E-state index in [9.17, 15) is 0 Å². The molecule has 4 nitrogen and oxygen atoms in total. The van der Waals surface area contributed by atoms with Gasteiger partial charge in [-0.3, -0.25) is 9.55 Å². The Labute approximate surface area is 267 Å². The molecule has 45 heavy (non-hydrogen) atoms. The van der Waals surface area contributed by atoms with Crippen LogP contribution in [0.3, 0.4) is 0 Å². The fraction of sp³-hybridized carbons (Fsp3) is 0.268. The second kappa shape index (κ2) is 10.2. The minimum atomic E-state index is -0.155. The lowest BCUT2D eigenvalue weighted by atomic mass is 9.70. The number of rotatable bonds is 3. The van der Waals surface area contributed by atoms with Crippen molar-refractivity contribution in [2.45, 2.75) is 71.6 Å². The second-order valence-corrected chi connectivity index (χ2v) is 14.9. The zero-order chi connectivity index (χ0) is 31.7. The van der Waals surface area contributed by atoms with Crippen molar-refractivity contribution < 1.29 is 0 Å². The van der Waals surface area contributed by atoms with Crippen LogP contribution in [-0.4, -0.2) is 14.5 Å². The molecule has 226 valence electrons. The van der Waals surface area contributed by atoms with Gasteiger partial charge in [-0.25, -0.2) is 4.98 Å². The van der Waals surface area contributed by atoms with Crippen LogP contribution in [0.5, 0.6) is 0 Å². The molecule has 0 aliphatic carbocycles. The summed E-state index contributed by atoms with van der Waals surface area (Å²) < 4.78 is 2.20. The van der Waals surface area contributed by atoms with Crippen molar-refractivity contribution in [1.29, 1.82) is 0 Å². The van der Waals surface area contributed by atoms with Crippen molar-refractivity contribution in [2.75, 3.05) is 4.90 Å². The third-order valence-corrected chi connectivity index (χ3v) is 9.41. The number of fused-ring (bicyclic) bond motifs is 3. The molecular formula is C41H42N4. The van der Waals surface area contributed by atoms with Gasteiger partial charge in [0.15, 0.2) is 0 Å². The van der Waals surface area contributed by atoms with Crippen molar-refractivity contribution >= 4 is 28.1 Å². The predicted molar refractivity (Wildman–Crippen MR) is 189 cm³/mol. The minimum absolute atomic E-state index is 0.0604. The lowest BCUT2D eigenvalue weighted by Gasteiger charge is -2.43. The molecule has 0 saturated carbocycles. The van der Waals surface area contributed by atoms with Crippen LogP contribution < -0.4 is 4.90 Å². The number of aromatic nitrogens is 3. The quantitative estimate of drug-likeness (QED) is 0.206. The van der Waals surface area contributed by atoms with E-state index in [4.69, 9.17) is 4.98 Å². The Balaban J connectivity index is 1.40. The molecule has 2 aromatic heterocycles. The number of pyridine rings is 1. The summed E-state index contributed by atoms with van der Waals surface area (Å²) in [6, 6.07) is 35.4. The SMILES string of the molecule is CC(C)(C)c1ccc2c(c1)C(C)(C)c1cc(C(C)(C)C)ccc1N2c1ccc(-c2nc3ccncc3n2-c2ccccc2)cc1. The Morgan fingerprint density at radius 2 is 1.20 bits per heavy atom. The molecule has 0 bridgehead atoms. The van der Waals surface area contributed by atoms with Gasteiger partial charge in [0.1, 0.15) is 5.82 Å². The molecule has 3 heterocycles. The fourth-order valence-electron chi connectivity index (χ4n) is 6.66. The Hall–Kier alpha value is -4.70. The first-order valence-electron chi connectivity index (χ1n) is 15.9. The Morgan fingerprint density at radius 3 is 1.76 bits per heavy atom. The van der Waals surface area contributed by atoms with Crippen LogP contribution in [0, 0.1) is 0 Å². The van der Waals surface area contributed by atoms with Gasteiger partial charge in [0.05, 0.1) is 28.6 Å². The molecule has 0 N–H and O–H groups in total. The van der Waals surface area contributed by atoms with Crippen molar-refractivity contribution in [3.05, 3.63) is 132 Å². The van der Waals surface area contributed by atoms with Crippen LogP contribution >= 0.6 is 0 Å².